The van der Waals surface area contributed by atoms with Gasteiger partial charge in [0.2, 0.25) is 0 Å². The van der Waals surface area contributed by atoms with Crippen molar-refractivity contribution < 1.29 is 9.90 Å². The van der Waals surface area contributed by atoms with E-state index in [1.54, 1.807) is 12.1 Å². The van der Waals surface area contributed by atoms with E-state index in [2.05, 4.69) is 5.32 Å². The van der Waals surface area contributed by atoms with Crippen molar-refractivity contribution in [3.8, 4) is 0 Å². The Morgan fingerprint density at radius 3 is 2.81 bits per heavy atom. The number of carbonyl (C=O) groups excluding carboxylic acids is 1. The second kappa shape index (κ2) is 6.90. The standard InChI is InChI=1S/C17H20N2O2/c1-12-7-8-16(18)15(10-12)17(21)19-14-6-2-4-13(11-14)5-3-9-20/h2,4,6-8,10-11,20H,3,5,9,18H2,1H3,(H,19,21). The number of anilines is 2. The van der Waals surface area contributed by atoms with E-state index in [0.717, 1.165) is 23.2 Å². The maximum absolute atomic E-state index is 12.3. The first-order valence-corrected chi connectivity index (χ1v) is 6.97. The highest BCUT2D eigenvalue weighted by Gasteiger charge is 2.10. The summed E-state index contributed by atoms with van der Waals surface area (Å²) >= 11 is 0. The van der Waals surface area contributed by atoms with Crippen LogP contribution in [0.5, 0.6) is 0 Å². The van der Waals surface area contributed by atoms with Crippen LogP contribution in [0, 0.1) is 6.92 Å². The van der Waals surface area contributed by atoms with Gasteiger partial charge in [-0.05, 0) is 49.6 Å². The number of aliphatic hydroxyl groups is 1. The highest BCUT2D eigenvalue weighted by Crippen LogP contribution is 2.17. The molecule has 0 spiro atoms. The molecule has 4 N–H and O–H groups in total. The molecule has 0 aromatic heterocycles. The van der Waals surface area contributed by atoms with Crippen LogP contribution in [0.4, 0.5) is 11.4 Å². The van der Waals surface area contributed by atoms with Crippen LogP contribution in [0.1, 0.15) is 27.9 Å². The van der Waals surface area contributed by atoms with Gasteiger partial charge >= 0.3 is 0 Å². The Labute approximate surface area is 124 Å². The van der Waals surface area contributed by atoms with Gasteiger partial charge in [0.05, 0.1) is 5.56 Å². The molecule has 4 heteroatoms. The Morgan fingerprint density at radius 2 is 2.05 bits per heavy atom. The lowest BCUT2D eigenvalue weighted by Crippen LogP contribution is -2.14. The smallest absolute Gasteiger partial charge is 0.257 e. The molecule has 4 nitrogen and oxygen atoms in total. The number of benzene rings is 2. The van der Waals surface area contributed by atoms with Crippen LogP contribution in [0.2, 0.25) is 0 Å². The molecule has 110 valence electrons. The van der Waals surface area contributed by atoms with Gasteiger partial charge < -0.3 is 16.2 Å². The third kappa shape index (κ3) is 4.07. The fourth-order valence-corrected chi connectivity index (χ4v) is 2.15. The molecule has 0 saturated heterocycles. The molecule has 0 atom stereocenters. The first-order chi connectivity index (χ1) is 10.1. The first-order valence-electron chi connectivity index (χ1n) is 6.97. The highest BCUT2D eigenvalue weighted by atomic mass is 16.2. The van der Waals surface area contributed by atoms with Crippen LogP contribution in [-0.2, 0) is 6.42 Å². The summed E-state index contributed by atoms with van der Waals surface area (Å²) in [7, 11) is 0. The van der Waals surface area contributed by atoms with E-state index in [4.69, 9.17) is 10.8 Å². The molecule has 0 aliphatic rings. The Hall–Kier alpha value is -2.33. The molecule has 0 saturated carbocycles. The molecule has 21 heavy (non-hydrogen) atoms. The van der Waals surface area contributed by atoms with E-state index in [1.165, 1.54) is 0 Å². The average molecular weight is 284 g/mol. The second-order valence-corrected chi connectivity index (χ2v) is 5.07. The number of nitrogens with one attached hydrogen (secondary N) is 1. The maximum atomic E-state index is 12.3. The van der Waals surface area contributed by atoms with Crippen molar-refractivity contribution in [2.24, 2.45) is 0 Å². The van der Waals surface area contributed by atoms with Crippen molar-refractivity contribution in [1.29, 1.82) is 0 Å². The zero-order valence-electron chi connectivity index (χ0n) is 12.1. The average Bonchev–Trinajstić information content (AvgIpc) is 2.48. The van der Waals surface area contributed by atoms with E-state index in [-0.39, 0.29) is 12.5 Å². The normalized spacial score (nSPS) is 10.4. The van der Waals surface area contributed by atoms with Gasteiger partial charge in [-0.2, -0.15) is 0 Å². The second-order valence-electron chi connectivity index (χ2n) is 5.07. The summed E-state index contributed by atoms with van der Waals surface area (Å²) in [5, 5.41) is 11.7. The summed E-state index contributed by atoms with van der Waals surface area (Å²) in [6.45, 7) is 2.09. The molecule has 0 unspecified atom stereocenters. The Morgan fingerprint density at radius 1 is 1.24 bits per heavy atom. The van der Waals surface area contributed by atoms with Gasteiger partial charge in [-0.3, -0.25) is 4.79 Å². The SMILES string of the molecule is Cc1ccc(N)c(C(=O)Nc2cccc(CCCO)c2)c1. The number of nitrogen functional groups attached to an aromatic ring is 1. The van der Waals surface area contributed by atoms with Crippen LogP contribution in [-0.4, -0.2) is 17.6 Å². The number of nitrogens with two attached hydrogens (primary N) is 1. The topological polar surface area (TPSA) is 75.4 Å². The lowest BCUT2D eigenvalue weighted by molar-refractivity contribution is 0.102. The number of carbonyl (C=O) groups is 1. The Bertz CT molecular complexity index is 638. The van der Waals surface area contributed by atoms with Crippen molar-refractivity contribution in [3.63, 3.8) is 0 Å². The summed E-state index contributed by atoms with van der Waals surface area (Å²) in [6.07, 6.45) is 1.50. The zero-order chi connectivity index (χ0) is 15.2. The number of rotatable bonds is 5. The molecule has 0 bridgehead atoms. The number of hydrogen-bond acceptors (Lipinski definition) is 3. The van der Waals surface area contributed by atoms with Crippen LogP contribution in [0.3, 0.4) is 0 Å². The number of aliphatic hydroxyl groups excluding tert-OH is 1. The maximum Gasteiger partial charge on any atom is 0.257 e. The van der Waals surface area contributed by atoms with Crippen molar-refractivity contribution in [2.75, 3.05) is 17.7 Å². The van der Waals surface area contributed by atoms with Gasteiger partial charge in [0.1, 0.15) is 0 Å². The number of aryl methyl sites for hydroxylation is 2. The van der Waals surface area contributed by atoms with Gasteiger partial charge in [0, 0.05) is 18.0 Å². The fraction of sp³-hybridized carbons (Fsp3) is 0.235. The van der Waals surface area contributed by atoms with Gasteiger partial charge in [-0.1, -0.05) is 23.8 Å². The summed E-state index contributed by atoms with van der Waals surface area (Å²) in [4.78, 5) is 12.3. The third-order valence-corrected chi connectivity index (χ3v) is 3.26. The minimum absolute atomic E-state index is 0.163. The molecule has 0 fully saturated rings. The third-order valence-electron chi connectivity index (χ3n) is 3.26. The van der Waals surface area contributed by atoms with Crippen LogP contribution < -0.4 is 11.1 Å². The van der Waals surface area contributed by atoms with Crippen molar-refractivity contribution in [2.45, 2.75) is 19.8 Å². The highest BCUT2D eigenvalue weighted by molar-refractivity contribution is 6.07. The van der Waals surface area contributed by atoms with Crippen LogP contribution >= 0.6 is 0 Å². The molecular formula is C17H20N2O2. The quantitative estimate of drug-likeness (QED) is 0.739. The molecular weight excluding hydrogens is 264 g/mol. The summed E-state index contributed by atoms with van der Waals surface area (Å²) in [6, 6.07) is 13.0. The van der Waals surface area contributed by atoms with Gasteiger partial charge in [-0.15, -0.1) is 0 Å². The minimum atomic E-state index is -0.212. The lowest BCUT2D eigenvalue weighted by Gasteiger charge is -2.09. The molecule has 2 aromatic carbocycles. The van der Waals surface area contributed by atoms with Crippen molar-refractivity contribution in [1.82, 2.24) is 0 Å². The van der Waals surface area contributed by atoms with E-state index < -0.39 is 0 Å². The molecule has 2 aromatic rings. The Balaban J connectivity index is 2.14. The predicted molar refractivity (Wildman–Crippen MR) is 85.4 cm³/mol. The van der Waals surface area contributed by atoms with Crippen molar-refractivity contribution >= 4 is 17.3 Å². The first kappa shape index (κ1) is 15.1. The molecule has 0 heterocycles. The largest absolute Gasteiger partial charge is 0.398 e. The molecule has 0 radical (unpaired) electrons. The van der Waals surface area contributed by atoms with Gasteiger partial charge in [-0.25, -0.2) is 0 Å². The number of amides is 1. The van der Waals surface area contributed by atoms with Gasteiger partial charge in [0.25, 0.3) is 5.91 Å². The van der Waals surface area contributed by atoms with Crippen molar-refractivity contribution in [3.05, 3.63) is 59.2 Å². The fourth-order valence-electron chi connectivity index (χ4n) is 2.15. The Kier molecular flexibility index (Phi) is 4.95. The molecule has 1 amide bonds. The summed E-state index contributed by atoms with van der Waals surface area (Å²) in [5.74, 6) is -0.212. The minimum Gasteiger partial charge on any atom is -0.398 e. The summed E-state index contributed by atoms with van der Waals surface area (Å²) in [5.41, 5.74) is 9.61. The summed E-state index contributed by atoms with van der Waals surface area (Å²) < 4.78 is 0. The van der Waals surface area contributed by atoms with E-state index in [1.807, 2.05) is 37.3 Å². The monoisotopic (exact) mass is 284 g/mol. The zero-order valence-corrected chi connectivity index (χ0v) is 12.1. The van der Waals surface area contributed by atoms with E-state index in [0.29, 0.717) is 17.7 Å². The molecule has 0 aliphatic heterocycles. The van der Waals surface area contributed by atoms with E-state index >= 15 is 0 Å². The predicted octanol–water partition coefficient (Wildman–Crippen LogP) is 2.75. The van der Waals surface area contributed by atoms with E-state index in [9.17, 15) is 4.79 Å². The lowest BCUT2D eigenvalue weighted by atomic mass is 10.1. The van der Waals surface area contributed by atoms with Crippen LogP contribution in [0.25, 0.3) is 0 Å². The molecule has 0 aliphatic carbocycles. The number of hydrogen-bond donors (Lipinski definition) is 3. The van der Waals surface area contributed by atoms with Crippen LogP contribution in [0.15, 0.2) is 42.5 Å². The molecule has 2 rings (SSSR count). The van der Waals surface area contributed by atoms with Gasteiger partial charge in [0.15, 0.2) is 0 Å².